The van der Waals surface area contributed by atoms with Crippen LogP contribution in [0.2, 0.25) is 6.32 Å². The third kappa shape index (κ3) is 5.63. The van der Waals surface area contributed by atoms with Crippen LogP contribution < -0.4 is 0 Å². The van der Waals surface area contributed by atoms with Crippen molar-refractivity contribution in [3.8, 4) is 0 Å². The van der Waals surface area contributed by atoms with Gasteiger partial charge in [-0.25, -0.2) is 0 Å². The lowest BCUT2D eigenvalue weighted by Gasteiger charge is -2.44. The summed E-state index contributed by atoms with van der Waals surface area (Å²) in [5.74, 6) is 0. The van der Waals surface area contributed by atoms with Crippen LogP contribution in [0.3, 0.4) is 0 Å². The highest BCUT2D eigenvalue weighted by molar-refractivity contribution is 6.46. The van der Waals surface area contributed by atoms with Gasteiger partial charge in [-0.3, -0.25) is 5.01 Å². The normalized spacial score (nSPS) is 11.4. The summed E-state index contributed by atoms with van der Waals surface area (Å²) in [6.45, 7) is 8.53. The van der Waals surface area contributed by atoms with Crippen molar-refractivity contribution in [2.45, 2.75) is 39.6 Å². The van der Waals surface area contributed by atoms with Gasteiger partial charge in [0.05, 0.1) is 0 Å². The second kappa shape index (κ2) is 12.1. The molecule has 0 bridgehead atoms. The van der Waals surface area contributed by atoms with Crippen LogP contribution in [0.5, 0.6) is 0 Å². The minimum Gasteiger partial charge on any atom is -0.427 e. The number of benzene rings is 3. The number of hydrogen-bond donors (Lipinski definition) is 2. The lowest BCUT2D eigenvalue weighted by Crippen LogP contribution is -2.45. The average Bonchev–Trinajstić information content (AvgIpc) is 2.82. The fraction of sp³-hybridized carbons (Fsp3) is 0.269. The fourth-order valence-corrected chi connectivity index (χ4v) is 3.88. The Bertz CT molecular complexity index is 819. The van der Waals surface area contributed by atoms with Gasteiger partial charge < -0.3 is 10.0 Å². The van der Waals surface area contributed by atoms with Crippen molar-refractivity contribution >= 4 is 12.8 Å². The molecule has 162 valence electrons. The first-order valence-corrected chi connectivity index (χ1v) is 10.9. The molecule has 2 N–H and O–H groups in total. The van der Waals surface area contributed by atoms with E-state index in [1.165, 1.54) is 0 Å². The maximum atomic E-state index is 9.42. The molecule has 4 nitrogen and oxygen atoms in total. The first kappa shape index (κ1) is 24.4. The first-order valence-electron chi connectivity index (χ1n) is 10.9. The van der Waals surface area contributed by atoms with E-state index in [0.717, 1.165) is 16.7 Å². The third-order valence-corrected chi connectivity index (χ3v) is 5.03. The average molecular weight is 416 g/mol. The third-order valence-electron chi connectivity index (χ3n) is 5.03. The van der Waals surface area contributed by atoms with E-state index in [2.05, 4.69) is 43.3 Å². The zero-order chi connectivity index (χ0) is 22.7. The molecule has 0 aromatic heterocycles. The van der Waals surface area contributed by atoms with Crippen LogP contribution in [0.4, 0.5) is 0 Å². The molecule has 31 heavy (non-hydrogen) atoms. The zero-order valence-corrected chi connectivity index (χ0v) is 18.9. The van der Waals surface area contributed by atoms with Crippen molar-refractivity contribution < 1.29 is 10.0 Å². The van der Waals surface area contributed by atoms with Gasteiger partial charge in [-0.1, -0.05) is 105 Å². The molecular formula is C26H33BN2O2. The highest BCUT2D eigenvalue weighted by atomic mass is 16.4. The zero-order valence-electron chi connectivity index (χ0n) is 18.9. The molecular weight excluding hydrogens is 383 g/mol. The Morgan fingerprint density at radius 2 is 1.13 bits per heavy atom. The molecule has 3 aromatic carbocycles. The van der Waals surface area contributed by atoms with Gasteiger partial charge >= 0.3 is 7.12 Å². The standard InChI is InChI=1S/C24H27BN2O2.C2H6/c1-3-27(26-20(2)19-25(28)29)24(21-13-7-4-8-14-21,22-15-9-5-10-16-22)23-17-11-6-12-18-23;1-2/h4-18,28-29H,3,19H2,1-2H3;1-2H3/b26-20-;. The van der Waals surface area contributed by atoms with Gasteiger partial charge in [-0.2, -0.15) is 5.10 Å². The van der Waals surface area contributed by atoms with Crippen LogP contribution in [-0.4, -0.2) is 34.4 Å². The van der Waals surface area contributed by atoms with Crippen LogP contribution in [0.1, 0.15) is 44.4 Å². The smallest absolute Gasteiger partial charge is 0.427 e. The van der Waals surface area contributed by atoms with Crippen molar-refractivity contribution in [2.75, 3.05) is 6.54 Å². The van der Waals surface area contributed by atoms with Gasteiger partial charge in [0.1, 0.15) is 5.54 Å². The van der Waals surface area contributed by atoms with Crippen molar-refractivity contribution in [2.24, 2.45) is 5.10 Å². The van der Waals surface area contributed by atoms with Gasteiger partial charge in [0, 0.05) is 18.6 Å². The Balaban J connectivity index is 0.00000166. The summed E-state index contributed by atoms with van der Waals surface area (Å²) in [7, 11) is -1.42. The molecule has 0 saturated heterocycles. The molecule has 0 spiro atoms. The van der Waals surface area contributed by atoms with E-state index < -0.39 is 12.7 Å². The molecule has 0 amide bonds. The SMILES string of the molecule is CC.CCN(/N=C(/C)CB(O)O)C(c1ccccc1)(c1ccccc1)c1ccccc1. The summed E-state index contributed by atoms with van der Waals surface area (Å²) in [5, 5.41) is 25.8. The molecule has 0 radical (unpaired) electrons. The van der Waals surface area contributed by atoms with Gasteiger partial charge in [0.2, 0.25) is 0 Å². The summed E-state index contributed by atoms with van der Waals surface area (Å²) >= 11 is 0. The maximum Gasteiger partial charge on any atom is 0.457 e. The predicted octanol–water partition coefficient (Wildman–Crippen LogP) is 5.18. The molecule has 3 rings (SSSR count). The molecule has 0 fully saturated rings. The Morgan fingerprint density at radius 3 is 1.42 bits per heavy atom. The van der Waals surface area contributed by atoms with Crippen molar-refractivity contribution in [3.63, 3.8) is 0 Å². The number of nitrogens with zero attached hydrogens (tertiary/aromatic N) is 2. The fourth-order valence-electron chi connectivity index (χ4n) is 3.88. The highest BCUT2D eigenvalue weighted by Gasteiger charge is 2.41. The lowest BCUT2D eigenvalue weighted by atomic mass is 9.76. The van der Waals surface area contributed by atoms with E-state index in [4.69, 9.17) is 5.10 Å². The second-order valence-electron chi connectivity index (χ2n) is 7.04. The molecule has 0 saturated carbocycles. The van der Waals surface area contributed by atoms with Gasteiger partial charge in [-0.05, 0) is 30.5 Å². The van der Waals surface area contributed by atoms with Crippen molar-refractivity contribution in [1.29, 1.82) is 0 Å². The van der Waals surface area contributed by atoms with E-state index in [0.29, 0.717) is 12.3 Å². The van der Waals surface area contributed by atoms with Gasteiger partial charge in [0.15, 0.2) is 0 Å². The highest BCUT2D eigenvalue weighted by Crippen LogP contribution is 2.42. The topological polar surface area (TPSA) is 56.1 Å². The van der Waals surface area contributed by atoms with Gasteiger partial charge in [0.25, 0.3) is 0 Å². The van der Waals surface area contributed by atoms with Crippen molar-refractivity contribution in [1.82, 2.24) is 5.01 Å². The van der Waals surface area contributed by atoms with E-state index >= 15 is 0 Å². The van der Waals surface area contributed by atoms with Gasteiger partial charge in [-0.15, -0.1) is 0 Å². The van der Waals surface area contributed by atoms with Crippen LogP contribution in [0.15, 0.2) is 96.1 Å². The molecule has 0 aliphatic heterocycles. The van der Waals surface area contributed by atoms with E-state index in [1.807, 2.05) is 80.4 Å². The van der Waals surface area contributed by atoms with E-state index in [9.17, 15) is 10.0 Å². The van der Waals surface area contributed by atoms with Crippen LogP contribution in [0.25, 0.3) is 0 Å². The molecule has 0 atom stereocenters. The molecule has 5 heteroatoms. The number of rotatable bonds is 8. The Labute approximate surface area is 187 Å². The van der Waals surface area contributed by atoms with E-state index in [1.54, 1.807) is 0 Å². The number of hydrogen-bond acceptors (Lipinski definition) is 4. The summed E-state index contributed by atoms with van der Waals surface area (Å²) < 4.78 is 0. The summed E-state index contributed by atoms with van der Waals surface area (Å²) in [6.07, 6.45) is 0.102. The van der Waals surface area contributed by atoms with E-state index in [-0.39, 0.29) is 6.32 Å². The molecule has 0 aliphatic rings. The Hall–Kier alpha value is -2.89. The summed E-state index contributed by atoms with van der Waals surface area (Å²) in [5.41, 5.74) is 3.30. The van der Waals surface area contributed by atoms with Crippen LogP contribution >= 0.6 is 0 Å². The minimum atomic E-state index is -1.42. The van der Waals surface area contributed by atoms with Crippen molar-refractivity contribution in [3.05, 3.63) is 108 Å². The summed E-state index contributed by atoms with van der Waals surface area (Å²) in [6, 6.07) is 31.0. The largest absolute Gasteiger partial charge is 0.457 e. The summed E-state index contributed by atoms with van der Waals surface area (Å²) in [4.78, 5) is 0. The second-order valence-corrected chi connectivity index (χ2v) is 7.04. The Morgan fingerprint density at radius 1 is 0.774 bits per heavy atom. The lowest BCUT2D eigenvalue weighted by molar-refractivity contribution is 0.173. The molecule has 0 heterocycles. The quantitative estimate of drug-likeness (QED) is 0.230. The number of hydrazone groups is 1. The van der Waals surface area contributed by atoms with Crippen LogP contribution in [-0.2, 0) is 5.54 Å². The monoisotopic (exact) mass is 416 g/mol. The molecule has 3 aromatic rings. The molecule has 0 unspecified atom stereocenters. The van der Waals surface area contributed by atoms with Crippen LogP contribution in [0, 0.1) is 0 Å². The predicted molar refractivity (Wildman–Crippen MR) is 131 cm³/mol. The molecule has 0 aliphatic carbocycles. The maximum absolute atomic E-state index is 9.42. The Kier molecular flexibility index (Phi) is 9.51. The minimum absolute atomic E-state index is 0.102. The first-order chi connectivity index (χ1) is 15.1.